The van der Waals surface area contributed by atoms with Crippen LogP contribution in [0.3, 0.4) is 0 Å². The number of amides is 4. The molecule has 32 heteroatoms. The Hall–Kier alpha value is -3.49. The number of carbonyl (C=O) groups excluding carboxylic acids is 4. The van der Waals surface area contributed by atoms with Crippen LogP contribution in [0.2, 0.25) is 6.82 Å². The number of nitrogens with two attached hydrogens (primary N) is 3. The fourth-order valence-corrected chi connectivity index (χ4v) is 13.9. The molecule has 120 heavy (non-hydrogen) atoms. The Bertz CT molecular complexity index is 4210. The summed E-state index contributed by atoms with van der Waals surface area (Å²) in [6, 6.07) is 34.2. The van der Waals surface area contributed by atoms with Crippen LogP contribution in [-0.4, -0.2) is 122 Å². The zero-order valence-corrected chi connectivity index (χ0v) is 88.4. The van der Waals surface area contributed by atoms with Gasteiger partial charge in [0, 0.05) is 82.8 Å². The number of halogens is 12. The second kappa shape index (κ2) is 58.1. The van der Waals surface area contributed by atoms with Crippen molar-refractivity contribution in [3.05, 3.63) is 243 Å². The number of epoxide rings is 1. The van der Waals surface area contributed by atoms with E-state index in [0.717, 1.165) is 98.5 Å². The fourth-order valence-electron chi connectivity index (χ4n) is 10.8. The number of rotatable bonds is 20. The molecular formula is C88H119B2Br5F4I3N6O11Zn. The van der Waals surface area contributed by atoms with E-state index in [-0.39, 0.29) is 69.3 Å². The van der Waals surface area contributed by atoms with Gasteiger partial charge in [-0.15, -0.1) is 0 Å². The van der Waals surface area contributed by atoms with Gasteiger partial charge in [-0.25, -0.2) is 27.2 Å². The maximum absolute atomic E-state index is 13.8. The second-order valence-corrected chi connectivity index (χ2v) is 40.5. The molecule has 0 bridgehead atoms. The fraction of sp³-hybridized carbons (Fsp3) is 0.455. The molecule has 0 unspecified atom stereocenters. The van der Waals surface area contributed by atoms with Crippen LogP contribution in [0.1, 0.15) is 201 Å². The molecule has 17 nitrogen and oxygen atoms in total. The zero-order chi connectivity index (χ0) is 90.6. The second-order valence-electron chi connectivity index (χ2n) is 33.8. The normalized spacial score (nSPS) is 13.3. The van der Waals surface area contributed by atoms with Crippen molar-refractivity contribution >= 4 is 190 Å². The monoisotopic (exact) mass is 2370 g/mol. The van der Waals surface area contributed by atoms with Crippen LogP contribution in [0.25, 0.3) is 0 Å². The Morgan fingerprint density at radius 2 is 0.958 bits per heavy atom. The number of aliphatic hydroxyl groups is 1. The van der Waals surface area contributed by atoms with Gasteiger partial charge in [-0.2, -0.15) is 5.41 Å². The van der Waals surface area contributed by atoms with E-state index in [9.17, 15) is 51.7 Å². The molecule has 4 atom stereocenters. The Balaban J connectivity index is 0. The van der Waals surface area contributed by atoms with Crippen molar-refractivity contribution in [2.24, 2.45) is 38.9 Å². The number of aromatic carboxylic acids is 1. The van der Waals surface area contributed by atoms with Crippen LogP contribution in [-0.2, 0) is 79.0 Å². The standard InChI is InChI=1S/C29H39BrF2N2O4.C12H16BrNO.C12H18BrN.C11H14BF2NO2.C7H5BrINO.C7H4BrIO2.C5H11.C4H8O.CH4.B.HI.Zn/c1-18(35)33-25(13-20-11-22(31)14-23(32)12-20)26(36)17-34(27(37)38-29(5,6)7)16-21-10-19(8-9-24(21)30)15-28(2,3)4;1-12(2,3)7-8-4-5-10(13)9(6-8)11(14)15;1-12(2,3)7-9-4-5-11(13)10(6-9)8-14;1-12(16)15-10(11-6-17-11)4-7-2-8(13)5-9(14)3-7;2*8-6-2-1-4(9)3-5(6)7(10)11;1-5(2,3)4;1-2-4-5-3-1;;;;/h8-12,14,25-26,36H,13,15-17H2,1-7H3,(H,33,35);4-6H,7H2,1-3H3,(H2,14,15);4-6H,7-8,14H2,1-3H3;2-3,5,10-11,15-16H,4,6H2,1H3;1-3H,(H2,10,11);1-3H,(H,10,11);1H2,2-4H3;1-4H2;1H4;;1H;/q;;;;;;-1;;;;;+2/p-1/t25-,26+;;;10-,11+;;;;;;;;/m0..0......../s1. The van der Waals surface area contributed by atoms with Gasteiger partial charge in [-0.3, -0.25) is 14.4 Å². The number of carboxylic acid groups (broad SMARTS) is 1. The van der Waals surface area contributed by atoms with Crippen molar-refractivity contribution in [3.63, 3.8) is 0 Å². The SMILES string of the molecule is C.C1CCOC1.CB(O)N[C@@H](Cc1cc(F)cc(F)c1)[C@H]1CO1.CC(=O)N[C@@H](Cc1cc(F)cc(F)c1)[C@H](O)CN(Cc1cc(CC(C)(C)C)ccc1Br)C(=O)OC(C)(C)C.CC(C)(C)Cc1ccc(Br)c(C(N)=O)c1.CC(C)(C)Cc1ccc(Br)c(CN)c1.NC(=O)c1cc(I)ccc1Br.O=C(O)c1cc(I)ccc1Br.[B].[CH2-]C(C)(C)C.[Zn+][I]. The Kier molecular flexibility index (Phi) is 57.4. The average Bonchev–Trinajstić information content (AvgIpc) is 1.10. The van der Waals surface area contributed by atoms with Gasteiger partial charge in [0.25, 0.3) is 0 Å². The number of carbonyl (C=O) groups is 5. The number of benzene rings is 7. The number of primary amides is 2. The number of aliphatic hydroxyl groups excluding tert-OH is 1. The first kappa shape index (κ1) is 119. The molecule has 9 rings (SSSR count). The first-order valence-electron chi connectivity index (χ1n) is 37.7. The number of hydrogen-bond donors (Lipinski definition) is 8. The molecule has 7 aromatic rings. The molecule has 2 heterocycles. The van der Waals surface area contributed by atoms with Gasteiger partial charge < -0.3 is 69.0 Å². The van der Waals surface area contributed by atoms with Crippen molar-refractivity contribution < 1.29 is 85.8 Å². The third-order valence-electron chi connectivity index (χ3n) is 15.4. The molecular weight excluding hydrogens is 2260 g/mol. The van der Waals surface area contributed by atoms with Gasteiger partial charge in [0.1, 0.15) is 28.9 Å². The summed E-state index contributed by atoms with van der Waals surface area (Å²) in [5.41, 5.74) is 23.9. The summed E-state index contributed by atoms with van der Waals surface area (Å²) in [5.74, 6) is -4.83. The number of carboxylic acids is 1. The Morgan fingerprint density at radius 1 is 0.600 bits per heavy atom. The topological polar surface area (TPSA) is 282 Å². The number of ether oxygens (including phenoxy) is 3. The van der Waals surface area contributed by atoms with Crippen molar-refractivity contribution in [1.82, 2.24) is 15.4 Å². The van der Waals surface area contributed by atoms with Crippen LogP contribution in [0.15, 0.2) is 150 Å². The van der Waals surface area contributed by atoms with E-state index in [2.05, 4.69) is 263 Å². The Morgan fingerprint density at radius 3 is 1.29 bits per heavy atom. The van der Waals surface area contributed by atoms with E-state index in [1.165, 1.54) is 62.7 Å². The molecule has 0 spiro atoms. The molecule has 3 radical (unpaired) electrons. The Labute approximate surface area is 803 Å². The van der Waals surface area contributed by atoms with Crippen LogP contribution >= 0.6 is 145 Å². The van der Waals surface area contributed by atoms with Gasteiger partial charge in [0.05, 0.1) is 54.6 Å². The third kappa shape index (κ3) is 55.2. The van der Waals surface area contributed by atoms with Crippen molar-refractivity contribution in [2.75, 3.05) is 26.4 Å². The third-order valence-corrected chi connectivity index (χ3v) is 20.4. The maximum atomic E-state index is 13.8. The molecule has 0 aromatic heterocycles. The molecule has 0 aliphatic carbocycles. The van der Waals surface area contributed by atoms with E-state index < -0.39 is 77.9 Å². The summed E-state index contributed by atoms with van der Waals surface area (Å²) in [7, 11) is -0.678. The van der Waals surface area contributed by atoms with Gasteiger partial charge in [0.2, 0.25) is 17.7 Å². The van der Waals surface area contributed by atoms with Crippen LogP contribution in [0.4, 0.5) is 22.4 Å². The van der Waals surface area contributed by atoms with E-state index in [0.29, 0.717) is 51.7 Å². The first-order chi connectivity index (χ1) is 54.4. The quantitative estimate of drug-likeness (QED) is 0.0116. The van der Waals surface area contributed by atoms with Gasteiger partial charge in [-0.05, 0) is 306 Å². The molecule has 2 saturated heterocycles. The van der Waals surface area contributed by atoms with Crippen LogP contribution in [0, 0.1) is 59.0 Å². The summed E-state index contributed by atoms with van der Waals surface area (Å²) in [5, 5.41) is 34.7. The van der Waals surface area contributed by atoms with Gasteiger partial charge in [-0.1, -0.05) is 153 Å². The average molecular weight is 2380 g/mol. The minimum absolute atomic E-state index is 0. The molecule has 659 valence electrons. The minimum atomic E-state index is -1.26. The van der Waals surface area contributed by atoms with Crippen molar-refractivity contribution in [3.8, 4) is 0 Å². The van der Waals surface area contributed by atoms with Crippen LogP contribution < -0.4 is 27.7 Å². The summed E-state index contributed by atoms with van der Waals surface area (Å²) in [6.07, 6.45) is 3.91. The van der Waals surface area contributed by atoms with Crippen molar-refractivity contribution in [1.29, 1.82) is 0 Å². The van der Waals surface area contributed by atoms with E-state index in [1.807, 2.05) is 54.6 Å². The van der Waals surface area contributed by atoms with Gasteiger partial charge >= 0.3 is 53.7 Å². The van der Waals surface area contributed by atoms with E-state index >= 15 is 0 Å². The van der Waals surface area contributed by atoms with E-state index in [1.54, 1.807) is 45.8 Å². The molecule has 0 saturated carbocycles. The molecule has 2 aliphatic heterocycles. The number of hydrogen-bond acceptors (Lipinski definition) is 12. The van der Waals surface area contributed by atoms with Gasteiger partial charge in [0.15, 0.2) is 0 Å². The van der Waals surface area contributed by atoms with E-state index in [4.69, 9.17) is 36.5 Å². The first-order valence-corrected chi connectivity index (χ1v) is 52.9. The summed E-state index contributed by atoms with van der Waals surface area (Å²) >= 11 is 24.6. The summed E-state index contributed by atoms with van der Waals surface area (Å²) in [6.45, 7) is 41.0. The predicted molar refractivity (Wildman–Crippen MR) is 520 cm³/mol. The number of nitrogens with zero attached hydrogens (tertiary/aromatic N) is 1. The summed E-state index contributed by atoms with van der Waals surface area (Å²) in [4.78, 5) is 58.9. The van der Waals surface area contributed by atoms with Crippen molar-refractivity contribution in [2.45, 2.75) is 213 Å². The van der Waals surface area contributed by atoms with Crippen LogP contribution in [0.5, 0.6) is 0 Å². The molecule has 2 aliphatic rings. The zero-order valence-electron chi connectivity index (χ0n) is 71.0. The predicted octanol–water partition coefficient (Wildman–Crippen LogP) is 22.5. The summed E-state index contributed by atoms with van der Waals surface area (Å²) < 4.78 is 75.2. The molecule has 4 amide bonds. The molecule has 2 fully saturated rings. The molecule has 11 N–H and O–H groups in total. The molecule has 7 aromatic carbocycles. The number of nitrogens with one attached hydrogen (secondary N) is 2.